The number of anilines is 1. The van der Waals surface area contributed by atoms with Gasteiger partial charge in [-0.2, -0.15) is 5.10 Å². The minimum atomic E-state index is 0.00911. The van der Waals surface area contributed by atoms with E-state index >= 15 is 0 Å². The van der Waals surface area contributed by atoms with Crippen molar-refractivity contribution >= 4 is 11.7 Å². The van der Waals surface area contributed by atoms with E-state index < -0.39 is 0 Å². The summed E-state index contributed by atoms with van der Waals surface area (Å²) in [5.41, 5.74) is 1.70. The molecule has 1 fully saturated rings. The first-order valence-electron chi connectivity index (χ1n) is 8.67. The van der Waals surface area contributed by atoms with E-state index in [9.17, 15) is 4.79 Å². The molecular formula is C19H20N6O. The molecule has 4 rings (SSSR count). The number of amides is 1. The van der Waals surface area contributed by atoms with Gasteiger partial charge in [0.25, 0.3) is 5.91 Å². The lowest BCUT2D eigenvalue weighted by atomic mass is 10.1. The van der Waals surface area contributed by atoms with Crippen LogP contribution in [-0.4, -0.2) is 44.1 Å². The Hall–Kier alpha value is -3.22. The van der Waals surface area contributed by atoms with Crippen LogP contribution in [0.15, 0.2) is 55.1 Å². The molecule has 0 spiro atoms. The van der Waals surface area contributed by atoms with Gasteiger partial charge in [0.2, 0.25) is 0 Å². The highest BCUT2D eigenvalue weighted by Gasteiger charge is 2.31. The van der Waals surface area contributed by atoms with Crippen LogP contribution < -0.4 is 5.32 Å². The average molecular weight is 348 g/mol. The molecule has 0 aromatic carbocycles. The molecule has 1 aliphatic heterocycles. The number of rotatable bonds is 4. The number of aromatic nitrogens is 4. The van der Waals surface area contributed by atoms with Crippen molar-refractivity contribution in [1.29, 1.82) is 0 Å². The summed E-state index contributed by atoms with van der Waals surface area (Å²) < 4.78 is 1.67. The van der Waals surface area contributed by atoms with Crippen molar-refractivity contribution in [3.63, 3.8) is 0 Å². The number of likely N-dealkylation sites (tertiary alicyclic amines) is 1. The van der Waals surface area contributed by atoms with Gasteiger partial charge in [-0.1, -0.05) is 0 Å². The fraction of sp³-hybridized carbons (Fsp3) is 0.263. The van der Waals surface area contributed by atoms with E-state index in [0.717, 1.165) is 30.8 Å². The van der Waals surface area contributed by atoms with Gasteiger partial charge in [-0.15, -0.1) is 0 Å². The number of hydrogen-bond acceptors (Lipinski definition) is 5. The third-order valence-corrected chi connectivity index (χ3v) is 4.67. The summed E-state index contributed by atoms with van der Waals surface area (Å²) in [4.78, 5) is 23.6. The lowest BCUT2D eigenvalue weighted by Gasteiger charge is -2.25. The summed E-state index contributed by atoms with van der Waals surface area (Å²) in [5.74, 6) is 1.51. The number of pyridine rings is 2. The monoisotopic (exact) mass is 348 g/mol. The third-order valence-electron chi connectivity index (χ3n) is 4.67. The van der Waals surface area contributed by atoms with Crippen molar-refractivity contribution in [1.82, 2.24) is 24.6 Å². The predicted octanol–water partition coefficient (Wildman–Crippen LogP) is 2.68. The molecule has 7 nitrogen and oxygen atoms in total. The SMILES string of the molecule is CNc1cc([C@@H]2CCCN2C(=O)c2ccc(-n3cccn3)nc2)ccn1. The highest BCUT2D eigenvalue weighted by atomic mass is 16.2. The maximum Gasteiger partial charge on any atom is 0.255 e. The van der Waals surface area contributed by atoms with E-state index in [1.165, 1.54) is 0 Å². The van der Waals surface area contributed by atoms with E-state index in [-0.39, 0.29) is 11.9 Å². The van der Waals surface area contributed by atoms with Gasteiger partial charge in [-0.25, -0.2) is 14.6 Å². The summed E-state index contributed by atoms with van der Waals surface area (Å²) >= 11 is 0. The van der Waals surface area contributed by atoms with Gasteiger partial charge >= 0.3 is 0 Å². The number of hydrogen-bond donors (Lipinski definition) is 1. The zero-order valence-electron chi connectivity index (χ0n) is 14.5. The molecule has 0 aliphatic carbocycles. The molecule has 0 unspecified atom stereocenters. The van der Waals surface area contributed by atoms with Gasteiger partial charge in [0, 0.05) is 38.4 Å². The fourth-order valence-corrected chi connectivity index (χ4v) is 3.37. The van der Waals surface area contributed by atoms with Crippen LogP contribution in [0.5, 0.6) is 0 Å². The van der Waals surface area contributed by atoms with Crippen LogP contribution >= 0.6 is 0 Å². The zero-order valence-corrected chi connectivity index (χ0v) is 14.5. The van der Waals surface area contributed by atoms with Crippen LogP contribution in [-0.2, 0) is 0 Å². The topological polar surface area (TPSA) is 75.9 Å². The van der Waals surface area contributed by atoms with Gasteiger partial charge in [-0.05, 0) is 48.7 Å². The molecule has 1 N–H and O–H groups in total. The quantitative estimate of drug-likeness (QED) is 0.784. The second-order valence-electron chi connectivity index (χ2n) is 6.24. The Morgan fingerprint density at radius 1 is 1.23 bits per heavy atom. The van der Waals surface area contributed by atoms with E-state index in [1.807, 2.05) is 48.5 Å². The highest BCUT2D eigenvalue weighted by molar-refractivity contribution is 5.94. The Balaban J connectivity index is 1.56. The van der Waals surface area contributed by atoms with Crippen molar-refractivity contribution < 1.29 is 4.79 Å². The maximum atomic E-state index is 13.0. The molecule has 3 aromatic rings. The molecule has 7 heteroatoms. The van der Waals surface area contributed by atoms with Gasteiger partial charge in [0.1, 0.15) is 5.82 Å². The Kier molecular flexibility index (Phi) is 4.35. The van der Waals surface area contributed by atoms with Gasteiger partial charge in [0.15, 0.2) is 5.82 Å². The molecule has 3 aromatic heterocycles. The van der Waals surface area contributed by atoms with Gasteiger partial charge in [-0.3, -0.25) is 4.79 Å². The zero-order chi connectivity index (χ0) is 17.9. The van der Waals surface area contributed by atoms with Crippen LogP contribution in [0, 0.1) is 0 Å². The molecule has 0 radical (unpaired) electrons. The van der Waals surface area contributed by atoms with Crippen molar-refractivity contribution in [2.45, 2.75) is 18.9 Å². The van der Waals surface area contributed by atoms with Gasteiger partial charge < -0.3 is 10.2 Å². The van der Waals surface area contributed by atoms with Crippen molar-refractivity contribution in [2.24, 2.45) is 0 Å². The Morgan fingerprint density at radius 2 is 2.15 bits per heavy atom. The Labute approximate surface area is 151 Å². The first-order valence-corrected chi connectivity index (χ1v) is 8.67. The number of nitrogens with one attached hydrogen (secondary N) is 1. The molecule has 26 heavy (non-hydrogen) atoms. The van der Waals surface area contributed by atoms with E-state index in [0.29, 0.717) is 11.4 Å². The van der Waals surface area contributed by atoms with E-state index in [1.54, 1.807) is 23.3 Å². The van der Waals surface area contributed by atoms with Crippen LogP contribution in [0.3, 0.4) is 0 Å². The first kappa shape index (κ1) is 16.3. The van der Waals surface area contributed by atoms with Crippen molar-refractivity contribution in [3.8, 4) is 5.82 Å². The van der Waals surface area contributed by atoms with Crippen LogP contribution in [0.25, 0.3) is 5.82 Å². The van der Waals surface area contributed by atoms with Gasteiger partial charge in [0.05, 0.1) is 11.6 Å². The standard InChI is InChI=1S/C19H20N6O/c1-20-17-12-14(7-9-21-17)16-4-2-10-24(16)19(26)15-5-6-18(22-13-15)25-11-3-8-23-25/h3,5-9,11-13,16H,2,4,10H2,1H3,(H,20,21)/t16-/m0/s1. The molecule has 132 valence electrons. The predicted molar refractivity (Wildman–Crippen MR) is 98.2 cm³/mol. The third kappa shape index (κ3) is 3.03. The van der Waals surface area contributed by atoms with Crippen LogP contribution in [0.2, 0.25) is 0 Å². The maximum absolute atomic E-state index is 13.0. The summed E-state index contributed by atoms with van der Waals surface area (Å²) in [7, 11) is 1.84. The highest BCUT2D eigenvalue weighted by Crippen LogP contribution is 2.33. The van der Waals surface area contributed by atoms with Crippen LogP contribution in [0.1, 0.15) is 34.8 Å². The minimum Gasteiger partial charge on any atom is -0.373 e. The molecular weight excluding hydrogens is 328 g/mol. The average Bonchev–Trinajstić information content (AvgIpc) is 3.39. The molecule has 1 atom stereocenters. The van der Waals surface area contributed by atoms with E-state index in [4.69, 9.17) is 0 Å². The summed E-state index contributed by atoms with van der Waals surface area (Å²) in [6, 6.07) is 9.53. The molecule has 1 amide bonds. The lowest BCUT2D eigenvalue weighted by Crippen LogP contribution is -2.30. The number of carbonyl (C=O) groups is 1. The van der Waals surface area contributed by atoms with Crippen molar-refractivity contribution in [3.05, 3.63) is 66.2 Å². The Bertz CT molecular complexity index is 891. The van der Waals surface area contributed by atoms with Crippen molar-refractivity contribution in [2.75, 3.05) is 18.9 Å². The summed E-state index contributed by atoms with van der Waals surface area (Å²) in [6.45, 7) is 0.752. The normalized spacial score (nSPS) is 16.7. The molecule has 0 bridgehead atoms. The van der Waals surface area contributed by atoms with Crippen LogP contribution in [0.4, 0.5) is 5.82 Å². The first-order chi connectivity index (χ1) is 12.8. The molecule has 1 aliphatic rings. The number of nitrogens with zero attached hydrogens (tertiary/aromatic N) is 5. The largest absolute Gasteiger partial charge is 0.373 e. The molecule has 4 heterocycles. The molecule has 0 saturated carbocycles. The second-order valence-corrected chi connectivity index (χ2v) is 6.24. The number of carbonyl (C=O) groups excluding carboxylic acids is 1. The summed E-state index contributed by atoms with van der Waals surface area (Å²) in [6.07, 6.45) is 8.87. The summed E-state index contributed by atoms with van der Waals surface area (Å²) in [5, 5.41) is 7.21. The molecule has 1 saturated heterocycles. The fourth-order valence-electron chi connectivity index (χ4n) is 3.37. The minimum absolute atomic E-state index is 0.00911. The Morgan fingerprint density at radius 3 is 2.88 bits per heavy atom. The smallest absolute Gasteiger partial charge is 0.255 e. The second kappa shape index (κ2) is 6.95. The lowest BCUT2D eigenvalue weighted by molar-refractivity contribution is 0.0735. The van der Waals surface area contributed by atoms with E-state index in [2.05, 4.69) is 20.4 Å².